The molecule has 2 aromatic carbocycles. The Hall–Kier alpha value is -2.68. The number of benzene rings is 2. The van der Waals surface area contributed by atoms with Gasteiger partial charge in [0.05, 0.1) is 5.56 Å². The van der Waals surface area contributed by atoms with E-state index in [0.29, 0.717) is 23.1 Å². The molecule has 1 N–H and O–H groups in total. The highest BCUT2D eigenvalue weighted by molar-refractivity contribution is 6.29. The maximum Gasteiger partial charge on any atom is 0.198 e. The van der Waals surface area contributed by atoms with Crippen LogP contribution in [-0.4, -0.2) is 16.7 Å². The van der Waals surface area contributed by atoms with E-state index in [9.17, 15) is 14.7 Å². The van der Waals surface area contributed by atoms with Crippen molar-refractivity contribution in [3.05, 3.63) is 76.4 Å². The van der Waals surface area contributed by atoms with E-state index in [-0.39, 0.29) is 28.4 Å². The Labute approximate surface area is 128 Å². The fourth-order valence-electron chi connectivity index (χ4n) is 2.75. The summed E-state index contributed by atoms with van der Waals surface area (Å²) in [5.74, 6) is -0.578. The van der Waals surface area contributed by atoms with Crippen LogP contribution in [-0.2, 0) is 6.42 Å². The van der Waals surface area contributed by atoms with Gasteiger partial charge >= 0.3 is 0 Å². The van der Waals surface area contributed by atoms with E-state index in [2.05, 4.69) is 0 Å². The van der Waals surface area contributed by atoms with Gasteiger partial charge in [-0.3, -0.25) is 9.59 Å². The Kier molecular flexibility index (Phi) is 3.63. The van der Waals surface area contributed by atoms with Crippen LogP contribution < -0.4 is 0 Å². The molecular weight excluding hydrogens is 276 g/mol. The normalized spacial score (nSPS) is 13.3. The fraction of sp³-hybridized carbons (Fsp3) is 0.158. The lowest BCUT2D eigenvalue weighted by Crippen LogP contribution is -2.21. The first-order valence-corrected chi connectivity index (χ1v) is 7.33. The molecule has 3 heteroatoms. The molecule has 1 aliphatic carbocycles. The molecule has 110 valence electrons. The van der Waals surface area contributed by atoms with Gasteiger partial charge < -0.3 is 5.11 Å². The second kappa shape index (κ2) is 5.60. The summed E-state index contributed by atoms with van der Waals surface area (Å²) in [6.07, 6.45) is 5.40. The highest BCUT2D eigenvalue weighted by Gasteiger charge is 2.32. The molecule has 22 heavy (non-hydrogen) atoms. The van der Waals surface area contributed by atoms with Crippen molar-refractivity contribution in [3.8, 4) is 5.75 Å². The van der Waals surface area contributed by atoms with E-state index in [0.717, 1.165) is 6.42 Å². The van der Waals surface area contributed by atoms with Crippen LogP contribution in [0.2, 0.25) is 0 Å². The van der Waals surface area contributed by atoms with Crippen molar-refractivity contribution in [3.63, 3.8) is 0 Å². The van der Waals surface area contributed by atoms with Gasteiger partial charge in [-0.1, -0.05) is 49.4 Å². The maximum atomic E-state index is 12.6. The van der Waals surface area contributed by atoms with Crippen molar-refractivity contribution < 1.29 is 14.7 Å². The van der Waals surface area contributed by atoms with Crippen molar-refractivity contribution in [2.75, 3.05) is 0 Å². The summed E-state index contributed by atoms with van der Waals surface area (Å²) in [7, 11) is 0. The third-order valence-corrected chi connectivity index (χ3v) is 3.89. The van der Waals surface area contributed by atoms with Crippen LogP contribution in [0.1, 0.15) is 50.8 Å². The second-order valence-electron chi connectivity index (χ2n) is 5.28. The van der Waals surface area contributed by atoms with Crippen LogP contribution in [0.3, 0.4) is 0 Å². The van der Waals surface area contributed by atoms with E-state index in [1.54, 1.807) is 36.4 Å². The lowest BCUT2D eigenvalue weighted by Gasteiger charge is -2.19. The van der Waals surface area contributed by atoms with Crippen LogP contribution in [0.15, 0.2) is 48.6 Å². The summed E-state index contributed by atoms with van der Waals surface area (Å²) < 4.78 is 0. The number of allylic oxidation sites excluding steroid dienone is 2. The molecule has 0 aliphatic heterocycles. The summed E-state index contributed by atoms with van der Waals surface area (Å²) in [6.45, 7) is 2.03. The zero-order chi connectivity index (χ0) is 15.7. The number of carbonyl (C=O) groups is 2. The first kappa shape index (κ1) is 14.3. The van der Waals surface area contributed by atoms with Gasteiger partial charge in [-0.25, -0.2) is 0 Å². The number of ketones is 2. The number of hydrogen-bond donors (Lipinski definition) is 1. The molecule has 3 nitrogen and oxygen atoms in total. The van der Waals surface area contributed by atoms with E-state index in [4.69, 9.17) is 0 Å². The Morgan fingerprint density at radius 2 is 1.59 bits per heavy atom. The molecule has 3 rings (SSSR count). The summed E-state index contributed by atoms with van der Waals surface area (Å²) in [5.41, 5.74) is 1.83. The summed E-state index contributed by atoms with van der Waals surface area (Å²) in [6, 6.07) is 10.1. The zero-order valence-electron chi connectivity index (χ0n) is 12.3. The summed E-state index contributed by atoms with van der Waals surface area (Å²) in [4.78, 5) is 25.1. The van der Waals surface area contributed by atoms with Crippen LogP contribution >= 0.6 is 0 Å². The highest BCUT2D eigenvalue weighted by atomic mass is 16.3. The summed E-state index contributed by atoms with van der Waals surface area (Å²) >= 11 is 0. The van der Waals surface area contributed by atoms with Gasteiger partial charge in [0, 0.05) is 16.7 Å². The quantitative estimate of drug-likeness (QED) is 0.749. The van der Waals surface area contributed by atoms with Crippen LogP contribution in [0.25, 0.3) is 0 Å². The van der Waals surface area contributed by atoms with Gasteiger partial charge in [-0.2, -0.15) is 0 Å². The number of phenols is 1. The number of rotatable bonds is 3. The van der Waals surface area contributed by atoms with E-state index >= 15 is 0 Å². The Morgan fingerprint density at radius 1 is 0.909 bits per heavy atom. The molecular formula is C19H16O3. The molecule has 0 fully saturated rings. The van der Waals surface area contributed by atoms with Gasteiger partial charge in [-0.05, 0) is 24.5 Å². The van der Waals surface area contributed by atoms with Gasteiger partial charge in [0.25, 0.3) is 0 Å². The number of carbonyl (C=O) groups excluding carboxylic acids is 2. The van der Waals surface area contributed by atoms with Crippen molar-refractivity contribution >= 4 is 11.6 Å². The molecule has 0 saturated carbocycles. The monoisotopic (exact) mass is 292 g/mol. The van der Waals surface area contributed by atoms with Crippen molar-refractivity contribution in [2.45, 2.75) is 19.8 Å². The first-order valence-electron chi connectivity index (χ1n) is 7.33. The van der Waals surface area contributed by atoms with Crippen molar-refractivity contribution in [1.29, 1.82) is 0 Å². The minimum absolute atomic E-state index is 0.0777. The molecule has 2 aromatic rings. The zero-order valence-corrected chi connectivity index (χ0v) is 12.3. The molecule has 0 amide bonds. The maximum absolute atomic E-state index is 12.6. The molecule has 1 aliphatic rings. The number of phenolic OH excluding ortho intramolecular Hbond substituents is 1. The van der Waals surface area contributed by atoms with Gasteiger partial charge in [-0.15, -0.1) is 0 Å². The van der Waals surface area contributed by atoms with Crippen molar-refractivity contribution in [2.24, 2.45) is 0 Å². The highest BCUT2D eigenvalue weighted by Crippen LogP contribution is 2.35. The second-order valence-corrected chi connectivity index (χ2v) is 5.28. The van der Waals surface area contributed by atoms with E-state index in [1.807, 2.05) is 19.1 Å². The largest absolute Gasteiger partial charge is 0.507 e. The lowest BCUT2D eigenvalue weighted by atomic mass is 9.82. The molecule has 0 atom stereocenters. The van der Waals surface area contributed by atoms with Gasteiger partial charge in [0.1, 0.15) is 5.75 Å². The molecule has 0 saturated heterocycles. The molecule has 0 unspecified atom stereocenters. The fourth-order valence-corrected chi connectivity index (χ4v) is 2.75. The SMILES string of the molecule is CC/C=C/Cc1ccc2c(c1O)C(=O)c1ccccc1C2=O. The van der Waals surface area contributed by atoms with Crippen LogP contribution in [0.5, 0.6) is 5.75 Å². The Bertz CT molecular complexity index is 800. The number of aromatic hydroxyl groups is 1. The summed E-state index contributed by atoms with van der Waals surface area (Å²) in [5, 5.41) is 10.4. The predicted molar refractivity (Wildman–Crippen MR) is 84.5 cm³/mol. The minimum Gasteiger partial charge on any atom is -0.507 e. The van der Waals surface area contributed by atoms with Gasteiger partial charge in [0.15, 0.2) is 11.6 Å². The molecule has 0 heterocycles. The van der Waals surface area contributed by atoms with Crippen LogP contribution in [0, 0.1) is 0 Å². The standard InChI is InChI=1S/C19H16O3/c1-2-3-4-7-12-10-11-15-16(17(12)20)19(22)14-9-6-5-8-13(14)18(15)21/h3-6,8-11,20H,2,7H2,1H3/b4-3+. The Balaban J connectivity index is 2.13. The first-order chi connectivity index (χ1) is 10.6. The molecule has 0 aromatic heterocycles. The molecule has 0 radical (unpaired) electrons. The third kappa shape index (κ3) is 2.15. The topological polar surface area (TPSA) is 54.4 Å². The minimum atomic E-state index is -0.288. The van der Waals surface area contributed by atoms with Crippen molar-refractivity contribution in [1.82, 2.24) is 0 Å². The van der Waals surface area contributed by atoms with Gasteiger partial charge in [0.2, 0.25) is 0 Å². The average molecular weight is 292 g/mol. The van der Waals surface area contributed by atoms with E-state index in [1.165, 1.54) is 0 Å². The molecule has 0 bridgehead atoms. The average Bonchev–Trinajstić information content (AvgIpc) is 2.54. The van der Waals surface area contributed by atoms with Crippen LogP contribution in [0.4, 0.5) is 0 Å². The molecule has 0 spiro atoms. The lowest BCUT2D eigenvalue weighted by molar-refractivity contribution is 0.0976. The third-order valence-electron chi connectivity index (χ3n) is 3.89. The number of fused-ring (bicyclic) bond motifs is 2. The number of hydrogen-bond acceptors (Lipinski definition) is 3. The predicted octanol–water partition coefficient (Wildman–Crippen LogP) is 3.68. The van der Waals surface area contributed by atoms with E-state index < -0.39 is 0 Å². The Morgan fingerprint density at radius 3 is 2.27 bits per heavy atom. The smallest absolute Gasteiger partial charge is 0.198 e.